The number of nitrogens with one attached hydrogen (secondary N) is 1. The lowest BCUT2D eigenvalue weighted by Gasteiger charge is -2.40. The third kappa shape index (κ3) is 4.02. The Labute approximate surface area is 152 Å². The van der Waals surface area contributed by atoms with Crippen molar-refractivity contribution in [3.05, 3.63) is 70.7 Å². The smallest absolute Gasteiger partial charge is 0.325 e. The summed E-state index contributed by atoms with van der Waals surface area (Å²) in [6, 6.07) is 16.8. The molecule has 1 amide bonds. The quantitative estimate of drug-likeness (QED) is 0.803. The van der Waals surface area contributed by atoms with Gasteiger partial charge >= 0.3 is 5.97 Å². The van der Waals surface area contributed by atoms with Gasteiger partial charge < -0.3 is 10.1 Å². The Kier molecular flexibility index (Phi) is 5.39. The first-order chi connectivity index (χ1) is 12.1. The summed E-state index contributed by atoms with van der Waals surface area (Å²) in [5.74, 6) is -0.588. The van der Waals surface area contributed by atoms with Crippen LogP contribution in [0.4, 0.5) is 0 Å². The van der Waals surface area contributed by atoms with Gasteiger partial charge in [-0.25, -0.2) is 0 Å². The largest absolute Gasteiger partial charge is 0.460 e. The Hall–Kier alpha value is -2.33. The molecule has 1 N–H and O–H groups in total. The molecule has 1 saturated carbocycles. The molecule has 0 spiro atoms. The first kappa shape index (κ1) is 17.5. The van der Waals surface area contributed by atoms with Gasteiger partial charge in [-0.15, -0.1) is 0 Å². The van der Waals surface area contributed by atoms with Crippen LogP contribution in [0.25, 0.3) is 0 Å². The van der Waals surface area contributed by atoms with Crippen molar-refractivity contribution < 1.29 is 14.3 Å². The molecule has 0 aromatic heterocycles. The maximum Gasteiger partial charge on any atom is 0.325 e. The molecular weight excluding hydrogens is 338 g/mol. The number of carbonyl (C=O) groups excluding carboxylic acids is 2. The first-order valence-electron chi connectivity index (χ1n) is 8.34. The van der Waals surface area contributed by atoms with Crippen LogP contribution >= 0.6 is 11.6 Å². The fourth-order valence-corrected chi connectivity index (χ4v) is 3.26. The van der Waals surface area contributed by atoms with Gasteiger partial charge in [-0.2, -0.15) is 0 Å². The van der Waals surface area contributed by atoms with Gasteiger partial charge in [0.15, 0.2) is 0 Å². The molecule has 0 heterocycles. The molecule has 1 aliphatic carbocycles. The molecule has 0 atom stereocenters. The molecule has 1 fully saturated rings. The fourth-order valence-electron chi connectivity index (χ4n) is 3.07. The number of rotatable bonds is 6. The molecule has 3 rings (SSSR count). The van der Waals surface area contributed by atoms with Gasteiger partial charge in [0.25, 0.3) is 0 Å². The number of benzene rings is 2. The molecule has 4 nitrogen and oxygen atoms in total. The van der Waals surface area contributed by atoms with E-state index in [4.69, 9.17) is 16.3 Å². The van der Waals surface area contributed by atoms with E-state index < -0.39 is 11.4 Å². The van der Waals surface area contributed by atoms with Gasteiger partial charge in [0.05, 0.1) is 5.41 Å². The zero-order valence-electron chi connectivity index (χ0n) is 13.8. The van der Waals surface area contributed by atoms with Crippen LogP contribution in [-0.4, -0.2) is 18.4 Å². The van der Waals surface area contributed by atoms with Crippen molar-refractivity contribution in [3.63, 3.8) is 0 Å². The van der Waals surface area contributed by atoms with Crippen molar-refractivity contribution in [1.29, 1.82) is 0 Å². The highest BCUT2D eigenvalue weighted by molar-refractivity contribution is 6.30. The minimum Gasteiger partial charge on any atom is -0.460 e. The van der Waals surface area contributed by atoms with Crippen molar-refractivity contribution in [2.24, 2.45) is 0 Å². The van der Waals surface area contributed by atoms with E-state index in [9.17, 15) is 9.59 Å². The average Bonchev–Trinajstić information content (AvgIpc) is 2.58. The fraction of sp³-hybridized carbons (Fsp3) is 0.300. The summed E-state index contributed by atoms with van der Waals surface area (Å²) >= 11 is 6.06. The van der Waals surface area contributed by atoms with Crippen molar-refractivity contribution >= 4 is 23.5 Å². The molecule has 2 aromatic rings. The molecule has 0 radical (unpaired) electrons. The second-order valence-corrected chi connectivity index (χ2v) is 6.71. The van der Waals surface area contributed by atoms with Gasteiger partial charge in [0.1, 0.15) is 13.2 Å². The summed E-state index contributed by atoms with van der Waals surface area (Å²) < 4.78 is 5.19. The third-order valence-corrected chi connectivity index (χ3v) is 4.89. The lowest BCUT2D eigenvalue weighted by molar-refractivity contribution is -0.146. The maximum atomic E-state index is 12.7. The van der Waals surface area contributed by atoms with Gasteiger partial charge in [0.2, 0.25) is 5.91 Å². The molecular formula is C20H20ClNO3. The number of ether oxygens (including phenoxy) is 1. The summed E-state index contributed by atoms with van der Waals surface area (Å²) in [7, 11) is 0. The second-order valence-electron chi connectivity index (χ2n) is 6.27. The molecule has 130 valence electrons. The normalized spacial score (nSPS) is 15.1. The van der Waals surface area contributed by atoms with Crippen molar-refractivity contribution in [1.82, 2.24) is 5.32 Å². The monoisotopic (exact) mass is 357 g/mol. The predicted molar refractivity (Wildman–Crippen MR) is 96.2 cm³/mol. The Bertz CT molecular complexity index is 757. The summed E-state index contributed by atoms with van der Waals surface area (Å²) in [6.45, 7) is 0.0724. The van der Waals surface area contributed by atoms with Crippen LogP contribution in [0, 0.1) is 0 Å². The standard InChI is InChI=1S/C20H20ClNO3/c21-17-9-4-8-16(12-17)20(10-5-11-20)19(24)22-13-18(23)25-14-15-6-2-1-3-7-15/h1-4,6-9,12H,5,10-11,13-14H2,(H,22,24). The summed E-state index contributed by atoms with van der Waals surface area (Å²) in [6.07, 6.45) is 2.51. The highest BCUT2D eigenvalue weighted by atomic mass is 35.5. The first-order valence-corrected chi connectivity index (χ1v) is 8.72. The second kappa shape index (κ2) is 7.70. The molecule has 5 heteroatoms. The molecule has 1 aliphatic rings. The highest BCUT2D eigenvalue weighted by Gasteiger charge is 2.45. The van der Waals surface area contributed by atoms with Crippen LogP contribution in [0.5, 0.6) is 0 Å². The van der Waals surface area contributed by atoms with E-state index in [2.05, 4.69) is 5.32 Å². The van der Waals surface area contributed by atoms with Gasteiger partial charge in [-0.3, -0.25) is 9.59 Å². The minimum absolute atomic E-state index is 0.131. The molecule has 25 heavy (non-hydrogen) atoms. The molecule has 0 unspecified atom stereocenters. The number of hydrogen-bond donors (Lipinski definition) is 1. The van der Waals surface area contributed by atoms with Gasteiger partial charge in [-0.05, 0) is 36.1 Å². The summed E-state index contributed by atoms with van der Waals surface area (Å²) in [5, 5.41) is 3.33. The zero-order chi connectivity index (χ0) is 17.7. The third-order valence-electron chi connectivity index (χ3n) is 4.65. The van der Waals surface area contributed by atoms with E-state index in [1.54, 1.807) is 6.07 Å². The van der Waals surface area contributed by atoms with Crippen LogP contribution in [0.1, 0.15) is 30.4 Å². The minimum atomic E-state index is -0.579. The molecule has 2 aromatic carbocycles. The van der Waals surface area contributed by atoms with Crippen molar-refractivity contribution in [2.75, 3.05) is 6.54 Å². The predicted octanol–water partition coefficient (Wildman–Crippen LogP) is 3.62. The zero-order valence-corrected chi connectivity index (χ0v) is 14.6. The Balaban J connectivity index is 1.55. The van der Waals surface area contributed by atoms with E-state index in [1.165, 1.54) is 0 Å². The number of amides is 1. The Morgan fingerprint density at radius 2 is 1.84 bits per heavy atom. The number of halogens is 1. The summed E-state index contributed by atoms with van der Waals surface area (Å²) in [4.78, 5) is 24.6. The lowest BCUT2D eigenvalue weighted by atomic mass is 9.64. The van der Waals surface area contributed by atoms with Crippen LogP contribution < -0.4 is 5.32 Å². The van der Waals surface area contributed by atoms with Gasteiger partial charge in [-0.1, -0.05) is 60.5 Å². The van der Waals surface area contributed by atoms with E-state index in [1.807, 2.05) is 48.5 Å². The van der Waals surface area contributed by atoms with Crippen LogP contribution in [0.3, 0.4) is 0 Å². The topological polar surface area (TPSA) is 55.4 Å². The Morgan fingerprint density at radius 3 is 2.48 bits per heavy atom. The van der Waals surface area contributed by atoms with Gasteiger partial charge in [0, 0.05) is 5.02 Å². The number of carbonyl (C=O) groups is 2. The van der Waals surface area contributed by atoms with E-state index in [0.717, 1.165) is 30.4 Å². The number of hydrogen-bond acceptors (Lipinski definition) is 3. The molecule has 0 aliphatic heterocycles. The lowest BCUT2D eigenvalue weighted by Crippen LogP contribution is -2.50. The van der Waals surface area contributed by atoms with E-state index in [0.29, 0.717) is 5.02 Å². The van der Waals surface area contributed by atoms with Crippen LogP contribution in [0.15, 0.2) is 54.6 Å². The number of esters is 1. The van der Waals surface area contributed by atoms with E-state index in [-0.39, 0.29) is 19.1 Å². The molecule has 0 saturated heterocycles. The summed E-state index contributed by atoms with van der Waals surface area (Å²) in [5.41, 5.74) is 1.24. The van der Waals surface area contributed by atoms with Crippen LogP contribution in [-0.2, 0) is 26.3 Å². The maximum absolute atomic E-state index is 12.7. The van der Waals surface area contributed by atoms with E-state index >= 15 is 0 Å². The van der Waals surface area contributed by atoms with Crippen molar-refractivity contribution in [3.8, 4) is 0 Å². The molecule has 0 bridgehead atoms. The average molecular weight is 358 g/mol. The Morgan fingerprint density at radius 1 is 1.08 bits per heavy atom. The van der Waals surface area contributed by atoms with Crippen molar-refractivity contribution in [2.45, 2.75) is 31.3 Å². The van der Waals surface area contributed by atoms with Crippen LogP contribution in [0.2, 0.25) is 5.02 Å². The SMILES string of the molecule is O=C(CNC(=O)C1(c2cccc(Cl)c2)CCC1)OCc1ccccc1. The highest BCUT2D eigenvalue weighted by Crippen LogP contribution is 2.44.